The number of aromatic nitrogens is 2. The molecule has 1 fully saturated rings. The molecule has 224 valence electrons. The van der Waals surface area contributed by atoms with Gasteiger partial charge in [0.05, 0.1) is 15.6 Å². The van der Waals surface area contributed by atoms with E-state index in [2.05, 4.69) is 30.2 Å². The van der Waals surface area contributed by atoms with Crippen molar-refractivity contribution in [2.24, 2.45) is 5.41 Å². The molecule has 0 bridgehead atoms. The third-order valence-corrected chi connectivity index (χ3v) is 9.28. The SMILES string of the molecule is CC(C)(C)[C@](CNC(=O)c1ccc(N2CCC(Nc3ncccn3)CC2)c(Cl)c1)(NS(=O)(=O)c1ccccc1)C(=O)O. The maximum atomic E-state index is 13.2. The first-order valence-corrected chi connectivity index (χ1v) is 15.4. The molecule has 2 heterocycles. The second-order valence-electron chi connectivity index (χ2n) is 11.2. The summed E-state index contributed by atoms with van der Waals surface area (Å²) in [4.78, 5) is 36.3. The number of nitrogens with zero attached hydrogens (tertiary/aromatic N) is 3. The summed E-state index contributed by atoms with van der Waals surface area (Å²) in [5.41, 5.74) is -2.17. The van der Waals surface area contributed by atoms with Crippen LogP contribution in [0.4, 0.5) is 11.6 Å². The van der Waals surface area contributed by atoms with Crippen molar-refractivity contribution in [1.29, 1.82) is 0 Å². The molecule has 42 heavy (non-hydrogen) atoms. The standard InChI is InChI=1S/C29H35ClN6O5S/c1-28(2,3)29(26(38)39,35-42(40,41)22-8-5-4-6-9-22)19-33-25(37)20-10-11-24(23(30)18-20)36-16-12-21(13-17-36)34-27-31-14-7-15-32-27/h4-11,14-15,18,21,35H,12-13,16-17,19H2,1-3H3,(H,33,37)(H,38,39)(H,31,32,34)/t29-/m1/s1. The summed E-state index contributed by atoms with van der Waals surface area (Å²) >= 11 is 6.60. The monoisotopic (exact) mass is 614 g/mol. The zero-order chi connectivity index (χ0) is 30.5. The van der Waals surface area contributed by atoms with Gasteiger partial charge in [0.2, 0.25) is 16.0 Å². The summed E-state index contributed by atoms with van der Waals surface area (Å²) in [6.07, 6.45) is 5.07. The van der Waals surface area contributed by atoms with Crippen LogP contribution in [0.25, 0.3) is 0 Å². The van der Waals surface area contributed by atoms with Gasteiger partial charge in [-0.15, -0.1) is 0 Å². The van der Waals surface area contributed by atoms with E-state index in [9.17, 15) is 23.1 Å². The Hall–Kier alpha value is -3.74. The number of hydrogen-bond donors (Lipinski definition) is 4. The Morgan fingerprint density at radius 2 is 1.67 bits per heavy atom. The maximum Gasteiger partial charge on any atom is 0.327 e. The molecule has 11 nitrogen and oxygen atoms in total. The van der Waals surface area contributed by atoms with Crippen molar-refractivity contribution in [2.75, 3.05) is 29.9 Å². The highest BCUT2D eigenvalue weighted by molar-refractivity contribution is 7.89. The summed E-state index contributed by atoms with van der Waals surface area (Å²) < 4.78 is 28.6. The fourth-order valence-electron chi connectivity index (χ4n) is 4.82. The minimum Gasteiger partial charge on any atom is -0.480 e. The second kappa shape index (κ2) is 12.6. The van der Waals surface area contributed by atoms with E-state index >= 15 is 0 Å². The van der Waals surface area contributed by atoms with Crippen LogP contribution < -0.4 is 20.3 Å². The van der Waals surface area contributed by atoms with E-state index in [0.717, 1.165) is 31.6 Å². The number of anilines is 2. The summed E-state index contributed by atoms with van der Waals surface area (Å²) in [6.45, 7) is 5.77. The number of benzene rings is 2. The average molecular weight is 615 g/mol. The van der Waals surface area contributed by atoms with E-state index in [1.165, 1.54) is 18.2 Å². The Bertz CT molecular complexity index is 1510. The fraction of sp³-hybridized carbons (Fsp3) is 0.379. The molecule has 0 spiro atoms. The molecule has 1 aromatic heterocycles. The number of carbonyl (C=O) groups is 2. The molecule has 13 heteroatoms. The van der Waals surface area contributed by atoms with Gasteiger partial charge in [0.15, 0.2) is 5.54 Å². The highest BCUT2D eigenvalue weighted by Crippen LogP contribution is 2.33. The zero-order valence-corrected chi connectivity index (χ0v) is 25.2. The molecule has 1 saturated heterocycles. The van der Waals surface area contributed by atoms with E-state index < -0.39 is 39.4 Å². The van der Waals surface area contributed by atoms with Crippen molar-refractivity contribution in [3.63, 3.8) is 0 Å². The largest absolute Gasteiger partial charge is 0.480 e. The van der Waals surface area contributed by atoms with Crippen LogP contribution in [0.5, 0.6) is 0 Å². The minimum atomic E-state index is -4.23. The summed E-state index contributed by atoms with van der Waals surface area (Å²) in [6, 6.07) is 14.4. The van der Waals surface area contributed by atoms with Crippen molar-refractivity contribution in [2.45, 2.75) is 50.1 Å². The van der Waals surface area contributed by atoms with E-state index in [0.29, 0.717) is 11.0 Å². The number of amides is 1. The lowest BCUT2D eigenvalue weighted by atomic mass is 9.74. The van der Waals surface area contributed by atoms with Gasteiger partial charge in [-0.25, -0.2) is 18.4 Å². The van der Waals surface area contributed by atoms with Crippen LogP contribution >= 0.6 is 11.6 Å². The number of nitrogens with one attached hydrogen (secondary N) is 3. The van der Waals surface area contributed by atoms with Crippen LogP contribution in [0.15, 0.2) is 71.9 Å². The predicted octanol–water partition coefficient (Wildman–Crippen LogP) is 3.79. The van der Waals surface area contributed by atoms with Crippen LogP contribution in [0.2, 0.25) is 5.02 Å². The molecule has 1 amide bonds. The Balaban J connectivity index is 1.44. The number of hydrogen-bond acceptors (Lipinski definition) is 8. The van der Waals surface area contributed by atoms with E-state index in [1.54, 1.807) is 69.6 Å². The van der Waals surface area contributed by atoms with Gasteiger partial charge < -0.3 is 20.6 Å². The van der Waals surface area contributed by atoms with Gasteiger partial charge >= 0.3 is 5.97 Å². The lowest BCUT2D eigenvalue weighted by Crippen LogP contribution is -2.67. The van der Waals surface area contributed by atoms with E-state index in [1.807, 2.05) is 0 Å². The minimum absolute atomic E-state index is 0.0817. The normalized spacial score (nSPS) is 16.0. The van der Waals surface area contributed by atoms with Crippen LogP contribution in [-0.4, -0.2) is 66.6 Å². The number of carbonyl (C=O) groups excluding carboxylic acids is 1. The van der Waals surface area contributed by atoms with Gasteiger partial charge in [-0.05, 0) is 54.7 Å². The molecule has 2 aromatic carbocycles. The van der Waals surface area contributed by atoms with Gasteiger partial charge in [-0.1, -0.05) is 50.6 Å². The summed E-state index contributed by atoms with van der Waals surface area (Å²) in [5.74, 6) is -1.40. The quantitative estimate of drug-likeness (QED) is 0.267. The Kier molecular flexibility index (Phi) is 9.39. The molecular weight excluding hydrogens is 580 g/mol. The number of piperidine rings is 1. The van der Waals surface area contributed by atoms with Crippen LogP contribution in [0.3, 0.4) is 0 Å². The van der Waals surface area contributed by atoms with Gasteiger partial charge in [0.25, 0.3) is 5.91 Å². The van der Waals surface area contributed by atoms with Crippen molar-refractivity contribution in [3.05, 3.63) is 77.6 Å². The molecule has 0 radical (unpaired) electrons. The van der Waals surface area contributed by atoms with Gasteiger partial charge in [0.1, 0.15) is 0 Å². The topological polar surface area (TPSA) is 154 Å². The Morgan fingerprint density at radius 1 is 1.02 bits per heavy atom. The molecule has 0 aliphatic carbocycles. The first-order chi connectivity index (χ1) is 19.8. The number of halogens is 1. The molecule has 3 aromatic rings. The third kappa shape index (κ3) is 7.00. The molecule has 0 saturated carbocycles. The highest BCUT2D eigenvalue weighted by atomic mass is 35.5. The highest BCUT2D eigenvalue weighted by Gasteiger charge is 2.52. The van der Waals surface area contributed by atoms with E-state index in [4.69, 9.17) is 11.6 Å². The number of sulfonamides is 1. The maximum absolute atomic E-state index is 13.2. The van der Waals surface area contributed by atoms with Crippen molar-refractivity contribution in [1.82, 2.24) is 20.0 Å². The average Bonchev–Trinajstić information content (AvgIpc) is 2.96. The smallest absolute Gasteiger partial charge is 0.327 e. The lowest BCUT2D eigenvalue weighted by molar-refractivity contribution is -0.148. The van der Waals surface area contributed by atoms with Gasteiger partial charge in [-0.2, -0.15) is 4.72 Å². The first kappa shape index (κ1) is 31.2. The lowest BCUT2D eigenvalue weighted by Gasteiger charge is -2.41. The second-order valence-corrected chi connectivity index (χ2v) is 13.3. The van der Waals surface area contributed by atoms with Crippen molar-refractivity contribution in [3.8, 4) is 0 Å². The van der Waals surface area contributed by atoms with Crippen LogP contribution in [-0.2, 0) is 14.8 Å². The number of carboxylic acid groups (broad SMARTS) is 1. The molecule has 0 unspecified atom stereocenters. The van der Waals surface area contributed by atoms with Crippen LogP contribution in [0, 0.1) is 5.41 Å². The summed E-state index contributed by atoms with van der Waals surface area (Å²) in [5, 5.41) is 16.6. The first-order valence-electron chi connectivity index (χ1n) is 13.5. The molecule has 4 rings (SSSR count). The third-order valence-electron chi connectivity index (χ3n) is 7.47. The summed E-state index contributed by atoms with van der Waals surface area (Å²) in [7, 11) is -4.23. The molecule has 4 N–H and O–H groups in total. The molecular formula is C29H35ClN6O5S. The number of aliphatic carboxylic acids is 1. The number of carboxylic acids is 1. The Morgan fingerprint density at radius 3 is 2.24 bits per heavy atom. The molecule has 1 atom stereocenters. The molecule has 1 aliphatic rings. The Labute approximate surface area is 250 Å². The zero-order valence-electron chi connectivity index (χ0n) is 23.7. The van der Waals surface area contributed by atoms with Gasteiger partial charge in [0, 0.05) is 43.6 Å². The van der Waals surface area contributed by atoms with E-state index in [-0.39, 0.29) is 16.5 Å². The van der Waals surface area contributed by atoms with Crippen molar-refractivity contribution < 1.29 is 23.1 Å². The fourth-order valence-corrected chi connectivity index (χ4v) is 6.68. The van der Waals surface area contributed by atoms with Crippen molar-refractivity contribution >= 4 is 45.1 Å². The van der Waals surface area contributed by atoms with Crippen LogP contribution in [0.1, 0.15) is 44.0 Å². The molecule has 1 aliphatic heterocycles. The predicted molar refractivity (Wildman–Crippen MR) is 161 cm³/mol. The number of rotatable bonds is 10. The van der Waals surface area contributed by atoms with Gasteiger partial charge in [-0.3, -0.25) is 9.59 Å².